The lowest BCUT2D eigenvalue weighted by Crippen LogP contribution is -2.07. The molecule has 1 heterocycles. The molecule has 0 saturated carbocycles. The van der Waals surface area contributed by atoms with Crippen molar-refractivity contribution in [1.82, 2.24) is 9.97 Å². The Balaban J connectivity index is 2.58. The molecule has 0 radical (unpaired) electrons. The lowest BCUT2D eigenvalue weighted by molar-refractivity contribution is 0.0697. The fourth-order valence-corrected chi connectivity index (χ4v) is 1.89. The van der Waals surface area contributed by atoms with Crippen LogP contribution < -0.4 is 5.73 Å². The summed E-state index contributed by atoms with van der Waals surface area (Å²) in [5, 5.41) is 8.78. The quantitative estimate of drug-likeness (QED) is 0.826. The Bertz CT molecular complexity index is 679. The minimum absolute atomic E-state index is 0.00623. The molecule has 2 aromatic rings. The first-order chi connectivity index (χ1) is 8.91. The Morgan fingerprint density at radius 2 is 2.05 bits per heavy atom. The second kappa shape index (κ2) is 4.88. The smallest absolute Gasteiger partial charge is 0.341 e. The maximum absolute atomic E-state index is 13.4. The van der Waals surface area contributed by atoms with Crippen LogP contribution >= 0.6 is 15.9 Å². The largest absolute Gasteiger partial charge is 0.477 e. The van der Waals surface area contributed by atoms with Gasteiger partial charge >= 0.3 is 5.97 Å². The predicted molar refractivity (Wildman–Crippen MR) is 66.5 cm³/mol. The Labute approximate surface area is 114 Å². The van der Waals surface area contributed by atoms with E-state index in [1.54, 1.807) is 0 Å². The van der Waals surface area contributed by atoms with Gasteiger partial charge in [0, 0.05) is 11.8 Å². The van der Waals surface area contributed by atoms with Crippen LogP contribution in [0.2, 0.25) is 0 Å². The van der Waals surface area contributed by atoms with E-state index in [0.717, 1.165) is 12.3 Å². The second-order valence-corrected chi connectivity index (χ2v) is 4.31. The van der Waals surface area contributed by atoms with Crippen molar-refractivity contribution in [2.75, 3.05) is 5.73 Å². The number of nitrogens with two attached hydrogens (primary N) is 1. The number of hydrogen-bond donors (Lipinski definition) is 2. The molecule has 3 N–H and O–H groups in total. The Morgan fingerprint density at radius 3 is 2.63 bits per heavy atom. The number of aromatic nitrogens is 2. The van der Waals surface area contributed by atoms with E-state index >= 15 is 0 Å². The van der Waals surface area contributed by atoms with Crippen molar-refractivity contribution >= 4 is 27.7 Å². The van der Waals surface area contributed by atoms with Crippen LogP contribution in [0.4, 0.5) is 14.6 Å². The van der Waals surface area contributed by atoms with Crippen molar-refractivity contribution < 1.29 is 18.7 Å². The topological polar surface area (TPSA) is 89.1 Å². The summed E-state index contributed by atoms with van der Waals surface area (Å²) >= 11 is 2.89. The number of aromatic carboxylic acids is 1. The van der Waals surface area contributed by atoms with Crippen LogP contribution in [0.25, 0.3) is 11.4 Å². The molecule has 2 rings (SSSR count). The lowest BCUT2D eigenvalue weighted by atomic mass is 10.2. The highest BCUT2D eigenvalue weighted by molar-refractivity contribution is 9.10. The van der Waals surface area contributed by atoms with E-state index in [1.807, 2.05) is 0 Å². The van der Waals surface area contributed by atoms with Gasteiger partial charge in [0.05, 0.1) is 4.47 Å². The molecule has 0 saturated heterocycles. The molecule has 1 aromatic carbocycles. The van der Waals surface area contributed by atoms with Gasteiger partial charge in [0.2, 0.25) is 0 Å². The number of hydrogen-bond acceptors (Lipinski definition) is 4. The van der Waals surface area contributed by atoms with Crippen molar-refractivity contribution in [3.8, 4) is 11.4 Å². The summed E-state index contributed by atoms with van der Waals surface area (Å²) in [7, 11) is 0. The molecule has 0 fully saturated rings. The third kappa shape index (κ3) is 2.39. The predicted octanol–water partition coefficient (Wildman–Crippen LogP) is 2.46. The summed E-state index contributed by atoms with van der Waals surface area (Å²) in [6, 6.07) is 2.18. The van der Waals surface area contributed by atoms with Crippen molar-refractivity contribution in [2.24, 2.45) is 0 Å². The number of carbonyl (C=O) groups is 1. The first-order valence-electron chi connectivity index (χ1n) is 4.91. The van der Waals surface area contributed by atoms with Crippen molar-refractivity contribution in [1.29, 1.82) is 0 Å². The summed E-state index contributed by atoms with van der Waals surface area (Å²) in [5.74, 6) is -3.64. The van der Waals surface area contributed by atoms with Gasteiger partial charge in [0.1, 0.15) is 11.4 Å². The zero-order chi connectivity index (χ0) is 14.2. The number of nitrogens with zero attached hydrogens (tertiary/aromatic N) is 2. The van der Waals surface area contributed by atoms with E-state index in [4.69, 9.17) is 10.8 Å². The third-order valence-electron chi connectivity index (χ3n) is 2.32. The first-order valence-corrected chi connectivity index (χ1v) is 5.70. The zero-order valence-electron chi connectivity index (χ0n) is 9.19. The van der Waals surface area contributed by atoms with Crippen LogP contribution in [0.15, 0.2) is 22.8 Å². The van der Waals surface area contributed by atoms with Gasteiger partial charge in [0.15, 0.2) is 17.5 Å². The van der Waals surface area contributed by atoms with Gasteiger partial charge in [0.25, 0.3) is 0 Å². The SMILES string of the molecule is Nc1nc(-c2ccc(F)c(F)c2Br)ncc1C(=O)O. The molecule has 0 aliphatic carbocycles. The van der Waals surface area contributed by atoms with Gasteiger partial charge in [-0.2, -0.15) is 0 Å². The van der Waals surface area contributed by atoms with E-state index in [9.17, 15) is 13.6 Å². The van der Waals surface area contributed by atoms with Crippen molar-refractivity contribution in [3.63, 3.8) is 0 Å². The summed E-state index contributed by atoms with van der Waals surface area (Å²) < 4.78 is 26.2. The van der Waals surface area contributed by atoms with Gasteiger partial charge < -0.3 is 10.8 Å². The number of carboxylic acids is 1. The standard InChI is InChI=1S/C11H6BrF2N3O2/c12-7-4(1-2-6(13)8(7)14)10-16-3-5(11(18)19)9(15)17-10/h1-3H,(H,18,19)(H2,15,16,17). The molecule has 0 spiro atoms. The highest BCUT2D eigenvalue weighted by Crippen LogP contribution is 2.30. The molecule has 0 aliphatic heterocycles. The van der Waals surface area contributed by atoms with Crippen LogP contribution in [0, 0.1) is 11.6 Å². The fraction of sp³-hybridized carbons (Fsp3) is 0. The second-order valence-electron chi connectivity index (χ2n) is 3.52. The van der Waals surface area contributed by atoms with Crippen LogP contribution in [-0.4, -0.2) is 21.0 Å². The van der Waals surface area contributed by atoms with E-state index in [2.05, 4.69) is 25.9 Å². The fourth-order valence-electron chi connectivity index (χ4n) is 1.39. The molecular formula is C11H6BrF2N3O2. The molecule has 1 aromatic heterocycles. The van der Waals surface area contributed by atoms with E-state index < -0.39 is 17.6 Å². The van der Waals surface area contributed by atoms with Crippen LogP contribution in [0.3, 0.4) is 0 Å². The average molecular weight is 330 g/mol. The molecule has 0 amide bonds. The molecular weight excluding hydrogens is 324 g/mol. The molecule has 8 heteroatoms. The van der Waals surface area contributed by atoms with E-state index in [1.165, 1.54) is 6.07 Å². The van der Waals surface area contributed by atoms with Crippen LogP contribution in [0.5, 0.6) is 0 Å². The van der Waals surface area contributed by atoms with E-state index in [0.29, 0.717) is 0 Å². The lowest BCUT2D eigenvalue weighted by Gasteiger charge is -2.06. The van der Waals surface area contributed by atoms with Gasteiger partial charge in [-0.25, -0.2) is 23.5 Å². The van der Waals surface area contributed by atoms with E-state index in [-0.39, 0.29) is 27.2 Å². The minimum atomic E-state index is -1.27. The number of halogens is 3. The van der Waals surface area contributed by atoms with Gasteiger partial charge in [-0.05, 0) is 28.1 Å². The Kier molecular flexibility index (Phi) is 3.43. The van der Waals surface area contributed by atoms with Crippen molar-refractivity contribution in [3.05, 3.63) is 40.0 Å². The normalized spacial score (nSPS) is 10.5. The summed E-state index contributed by atoms with van der Waals surface area (Å²) in [6.45, 7) is 0. The molecule has 19 heavy (non-hydrogen) atoms. The van der Waals surface area contributed by atoms with Gasteiger partial charge in [-0.1, -0.05) is 0 Å². The molecule has 0 atom stereocenters. The number of rotatable bonds is 2. The monoisotopic (exact) mass is 329 g/mol. The third-order valence-corrected chi connectivity index (χ3v) is 3.10. The van der Waals surface area contributed by atoms with Crippen molar-refractivity contribution in [2.45, 2.75) is 0 Å². The zero-order valence-corrected chi connectivity index (χ0v) is 10.8. The van der Waals surface area contributed by atoms with Crippen LogP contribution in [0.1, 0.15) is 10.4 Å². The highest BCUT2D eigenvalue weighted by Gasteiger charge is 2.17. The van der Waals surface area contributed by atoms with Gasteiger partial charge in [-0.3, -0.25) is 0 Å². The summed E-state index contributed by atoms with van der Waals surface area (Å²) in [4.78, 5) is 18.3. The number of anilines is 1. The first kappa shape index (κ1) is 13.3. The number of nitrogen functional groups attached to an aromatic ring is 1. The number of benzene rings is 1. The van der Waals surface area contributed by atoms with Crippen LogP contribution in [-0.2, 0) is 0 Å². The highest BCUT2D eigenvalue weighted by atomic mass is 79.9. The molecule has 5 nitrogen and oxygen atoms in total. The molecule has 0 aliphatic rings. The minimum Gasteiger partial charge on any atom is -0.477 e. The Morgan fingerprint density at radius 1 is 1.37 bits per heavy atom. The maximum Gasteiger partial charge on any atom is 0.341 e. The molecule has 98 valence electrons. The Hall–Kier alpha value is -2.09. The molecule has 0 bridgehead atoms. The maximum atomic E-state index is 13.4. The average Bonchev–Trinajstić information content (AvgIpc) is 2.35. The number of carboxylic acid groups (broad SMARTS) is 1. The summed E-state index contributed by atoms with van der Waals surface area (Å²) in [6.07, 6.45) is 1.01. The molecule has 0 unspecified atom stereocenters. The van der Waals surface area contributed by atoms with Gasteiger partial charge in [-0.15, -0.1) is 0 Å². The summed E-state index contributed by atoms with van der Waals surface area (Å²) in [5.41, 5.74) is 5.37.